The molecule has 2 rings (SSSR count). The van der Waals surface area contributed by atoms with Gasteiger partial charge in [-0.1, -0.05) is 18.2 Å². The lowest BCUT2D eigenvalue weighted by molar-refractivity contribution is 0.0694. The smallest absolute Gasteiger partial charge is 0.336 e. The number of benzene rings is 1. The molecule has 1 aromatic carbocycles. The Bertz CT molecular complexity index is 402. The highest BCUT2D eigenvalue weighted by Crippen LogP contribution is 2.23. The molecular formula is C13H17NO2S. The molecule has 1 aliphatic heterocycles. The summed E-state index contributed by atoms with van der Waals surface area (Å²) in [4.78, 5) is 13.4. The van der Waals surface area contributed by atoms with Crippen LogP contribution < -0.4 is 0 Å². The van der Waals surface area contributed by atoms with Crippen LogP contribution in [0.4, 0.5) is 0 Å². The van der Waals surface area contributed by atoms with Crippen LogP contribution in [0.3, 0.4) is 0 Å². The van der Waals surface area contributed by atoms with E-state index in [4.69, 9.17) is 5.11 Å². The third-order valence-electron chi connectivity index (χ3n) is 3.20. The van der Waals surface area contributed by atoms with Crippen molar-refractivity contribution in [3.8, 4) is 0 Å². The van der Waals surface area contributed by atoms with Crippen molar-refractivity contribution in [2.45, 2.75) is 19.0 Å². The molecular weight excluding hydrogens is 234 g/mol. The molecule has 1 unspecified atom stereocenters. The van der Waals surface area contributed by atoms with Crippen LogP contribution in [-0.4, -0.2) is 40.6 Å². The molecule has 0 aromatic heterocycles. The highest BCUT2D eigenvalue weighted by atomic mass is 32.2. The van der Waals surface area contributed by atoms with Gasteiger partial charge in [-0.15, -0.1) is 0 Å². The van der Waals surface area contributed by atoms with Crippen molar-refractivity contribution in [3.63, 3.8) is 0 Å². The lowest BCUT2D eigenvalue weighted by Gasteiger charge is -2.24. The largest absolute Gasteiger partial charge is 0.478 e. The van der Waals surface area contributed by atoms with Crippen LogP contribution in [-0.2, 0) is 6.54 Å². The minimum Gasteiger partial charge on any atom is -0.478 e. The Morgan fingerprint density at radius 1 is 1.53 bits per heavy atom. The average molecular weight is 251 g/mol. The second-order valence-corrected chi connectivity index (χ2v) is 5.54. The highest BCUT2D eigenvalue weighted by Gasteiger charge is 2.21. The van der Waals surface area contributed by atoms with Gasteiger partial charge in [0.25, 0.3) is 0 Å². The predicted octanol–water partition coefficient (Wildman–Crippen LogP) is 2.32. The van der Waals surface area contributed by atoms with Crippen molar-refractivity contribution in [1.82, 2.24) is 4.90 Å². The van der Waals surface area contributed by atoms with Crippen LogP contribution >= 0.6 is 11.8 Å². The summed E-state index contributed by atoms with van der Waals surface area (Å²) in [6.07, 6.45) is 1.20. The van der Waals surface area contributed by atoms with Crippen molar-refractivity contribution < 1.29 is 9.90 Å². The molecule has 1 N–H and O–H groups in total. The zero-order chi connectivity index (χ0) is 12.3. The van der Waals surface area contributed by atoms with Gasteiger partial charge in [0, 0.05) is 18.3 Å². The van der Waals surface area contributed by atoms with Gasteiger partial charge >= 0.3 is 5.97 Å². The third-order valence-corrected chi connectivity index (χ3v) is 4.34. The second-order valence-electron chi connectivity index (χ2n) is 4.39. The monoisotopic (exact) mass is 251 g/mol. The molecule has 1 saturated heterocycles. The number of nitrogens with zero attached hydrogens (tertiary/aromatic N) is 1. The summed E-state index contributed by atoms with van der Waals surface area (Å²) in [5, 5.41) is 9.12. The molecule has 0 bridgehead atoms. The highest BCUT2D eigenvalue weighted by molar-refractivity contribution is 7.99. The zero-order valence-corrected chi connectivity index (χ0v) is 10.7. The summed E-state index contributed by atoms with van der Waals surface area (Å²) in [7, 11) is 2.08. The first-order valence-electron chi connectivity index (χ1n) is 5.77. The molecule has 17 heavy (non-hydrogen) atoms. The first-order valence-corrected chi connectivity index (χ1v) is 6.93. The van der Waals surface area contributed by atoms with Crippen LogP contribution in [0, 0.1) is 0 Å². The Morgan fingerprint density at radius 2 is 2.29 bits per heavy atom. The van der Waals surface area contributed by atoms with Gasteiger partial charge in [0.05, 0.1) is 5.56 Å². The summed E-state index contributed by atoms with van der Waals surface area (Å²) >= 11 is 1.97. The van der Waals surface area contributed by atoms with E-state index in [0.29, 0.717) is 18.2 Å². The maximum absolute atomic E-state index is 11.1. The van der Waals surface area contributed by atoms with Crippen LogP contribution in [0.25, 0.3) is 0 Å². The van der Waals surface area contributed by atoms with Gasteiger partial charge in [-0.2, -0.15) is 11.8 Å². The number of carboxylic acids is 1. The van der Waals surface area contributed by atoms with Gasteiger partial charge in [0.2, 0.25) is 0 Å². The Kier molecular flexibility index (Phi) is 4.07. The Labute approximate surface area is 106 Å². The minimum absolute atomic E-state index is 0.421. The molecule has 1 aliphatic rings. The molecule has 0 spiro atoms. The van der Waals surface area contributed by atoms with E-state index in [1.165, 1.54) is 12.2 Å². The predicted molar refractivity (Wildman–Crippen MR) is 70.6 cm³/mol. The standard InChI is InChI=1S/C13H17NO2S/c1-14(11-6-7-17-9-11)8-10-4-2-3-5-12(10)13(15)16/h2-5,11H,6-9H2,1H3,(H,15,16). The average Bonchev–Trinajstić information content (AvgIpc) is 2.83. The minimum atomic E-state index is -0.838. The summed E-state index contributed by atoms with van der Waals surface area (Å²) in [5.74, 6) is 1.54. The molecule has 1 fully saturated rings. The third kappa shape index (κ3) is 3.01. The van der Waals surface area contributed by atoms with Crippen molar-refractivity contribution in [2.75, 3.05) is 18.6 Å². The van der Waals surface area contributed by atoms with E-state index in [1.54, 1.807) is 12.1 Å². The number of carboxylic acid groups (broad SMARTS) is 1. The molecule has 1 aromatic rings. The summed E-state index contributed by atoms with van der Waals surface area (Å²) in [5.41, 5.74) is 1.32. The molecule has 3 nitrogen and oxygen atoms in total. The molecule has 0 saturated carbocycles. The van der Waals surface area contributed by atoms with E-state index in [-0.39, 0.29) is 0 Å². The summed E-state index contributed by atoms with van der Waals surface area (Å²) in [6.45, 7) is 0.716. The lowest BCUT2D eigenvalue weighted by Crippen LogP contribution is -2.31. The van der Waals surface area contributed by atoms with Gasteiger partial charge < -0.3 is 5.11 Å². The summed E-state index contributed by atoms with van der Waals surface area (Å²) in [6, 6.07) is 7.84. The van der Waals surface area contributed by atoms with E-state index in [0.717, 1.165) is 11.3 Å². The fraction of sp³-hybridized carbons (Fsp3) is 0.462. The van der Waals surface area contributed by atoms with Gasteiger partial charge in [0.1, 0.15) is 0 Å². The van der Waals surface area contributed by atoms with Crippen molar-refractivity contribution >= 4 is 17.7 Å². The number of rotatable bonds is 4. The van der Waals surface area contributed by atoms with Gasteiger partial charge in [-0.05, 0) is 30.9 Å². The Balaban J connectivity index is 2.09. The summed E-state index contributed by atoms with van der Waals surface area (Å²) < 4.78 is 0. The number of hydrogen-bond donors (Lipinski definition) is 1. The van der Waals surface area contributed by atoms with E-state index < -0.39 is 5.97 Å². The molecule has 1 heterocycles. The van der Waals surface area contributed by atoms with Gasteiger partial charge in [-0.3, -0.25) is 4.90 Å². The normalized spacial score (nSPS) is 19.8. The van der Waals surface area contributed by atoms with Crippen LogP contribution in [0.2, 0.25) is 0 Å². The molecule has 1 atom stereocenters. The van der Waals surface area contributed by atoms with E-state index >= 15 is 0 Å². The van der Waals surface area contributed by atoms with Gasteiger partial charge in [-0.25, -0.2) is 4.79 Å². The number of thioether (sulfide) groups is 1. The first-order chi connectivity index (χ1) is 8.18. The molecule has 4 heteroatoms. The molecule has 0 aliphatic carbocycles. The van der Waals surface area contributed by atoms with Crippen molar-refractivity contribution in [3.05, 3.63) is 35.4 Å². The van der Waals surface area contributed by atoms with E-state index in [9.17, 15) is 4.79 Å². The van der Waals surface area contributed by atoms with E-state index in [1.807, 2.05) is 23.9 Å². The number of aromatic carboxylic acids is 1. The van der Waals surface area contributed by atoms with Gasteiger partial charge in [0.15, 0.2) is 0 Å². The maximum Gasteiger partial charge on any atom is 0.336 e. The molecule has 92 valence electrons. The fourth-order valence-electron chi connectivity index (χ4n) is 2.13. The van der Waals surface area contributed by atoms with Crippen molar-refractivity contribution in [2.24, 2.45) is 0 Å². The van der Waals surface area contributed by atoms with Crippen LogP contribution in [0.1, 0.15) is 22.3 Å². The van der Waals surface area contributed by atoms with Crippen molar-refractivity contribution in [1.29, 1.82) is 0 Å². The quantitative estimate of drug-likeness (QED) is 0.891. The maximum atomic E-state index is 11.1. The first kappa shape index (κ1) is 12.5. The Hall–Kier alpha value is -1.00. The van der Waals surface area contributed by atoms with Crippen LogP contribution in [0.5, 0.6) is 0 Å². The zero-order valence-electron chi connectivity index (χ0n) is 9.93. The lowest BCUT2D eigenvalue weighted by atomic mass is 10.1. The number of carbonyl (C=O) groups is 1. The van der Waals surface area contributed by atoms with E-state index in [2.05, 4.69) is 11.9 Å². The van der Waals surface area contributed by atoms with Crippen LogP contribution in [0.15, 0.2) is 24.3 Å². The Morgan fingerprint density at radius 3 is 2.94 bits per heavy atom. The SMILES string of the molecule is CN(Cc1ccccc1C(=O)O)C1CCSC1. The topological polar surface area (TPSA) is 40.5 Å². The fourth-order valence-corrected chi connectivity index (χ4v) is 3.43. The second kappa shape index (κ2) is 5.56. The number of hydrogen-bond acceptors (Lipinski definition) is 3. The molecule has 0 amide bonds. The molecule has 0 radical (unpaired) electrons.